The molecule has 0 unspecified atom stereocenters. The predicted octanol–water partition coefficient (Wildman–Crippen LogP) is 1.93. The van der Waals surface area contributed by atoms with E-state index in [1.54, 1.807) is 18.3 Å². The summed E-state index contributed by atoms with van der Waals surface area (Å²) in [6, 6.07) is 8.93. The number of esters is 1. The number of carbonyl (C=O) groups is 1. The van der Waals surface area contributed by atoms with E-state index >= 15 is 0 Å². The van der Waals surface area contributed by atoms with E-state index in [2.05, 4.69) is 9.97 Å². The predicted molar refractivity (Wildman–Crippen MR) is 89.0 cm³/mol. The van der Waals surface area contributed by atoms with Gasteiger partial charge >= 0.3 is 11.7 Å². The topological polar surface area (TPSA) is 79.0 Å². The zero-order valence-electron chi connectivity index (χ0n) is 13.4. The summed E-state index contributed by atoms with van der Waals surface area (Å²) in [7, 11) is 0. The molecular weight excluding hydrogens is 308 g/mol. The van der Waals surface area contributed by atoms with Gasteiger partial charge in [-0.3, -0.25) is 9.36 Å². The van der Waals surface area contributed by atoms with E-state index in [1.807, 2.05) is 25.1 Å². The lowest BCUT2D eigenvalue weighted by Gasteiger charge is -2.04. The summed E-state index contributed by atoms with van der Waals surface area (Å²) in [6.07, 6.45) is 4.70. The fraction of sp³-hybridized carbons (Fsp3) is 0.294. The van der Waals surface area contributed by atoms with Gasteiger partial charge in [-0.25, -0.2) is 19.3 Å². The maximum absolute atomic E-state index is 12.8. The van der Waals surface area contributed by atoms with Crippen LogP contribution in [0.3, 0.4) is 0 Å². The van der Waals surface area contributed by atoms with Crippen molar-refractivity contribution < 1.29 is 9.53 Å². The van der Waals surface area contributed by atoms with Gasteiger partial charge < -0.3 is 4.74 Å². The molecule has 0 saturated carbocycles. The zero-order valence-corrected chi connectivity index (χ0v) is 13.4. The van der Waals surface area contributed by atoms with E-state index in [0.29, 0.717) is 23.5 Å². The first-order valence-corrected chi connectivity index (χ1v) is 7.84. The zero-order chi connectivity index (χ0) is 16.9. The molecule has 0 radical (unpaired) electrons. The third-order valence-corrected chi connectivity index (χ3v) is 3.68. The molecule has 0 N–H and O–H groups in total. The number of unbranched alkanes of at least 4 members (excludes halogenated alkanes) is 1. The van der Waals surface area contributed by atoms with Crippen molar-refractivity contribution in [1.82, 2.24) is 19.1 Å². The SMILES string of the molecule is CCCCOC(=O)Cn1c(=O)n(-c2ccncn2)c2ccccc21. The minimum atomic E-state index is -0.420. The van der Waals surface area contributed by atoms with Crippen LogP contribution >= 0.6 is 0 Å². The maximum Gasteiger partial charge on any atom is 0.335 e. The second kappa shape index (κ2) is 7.08. The largest absolute Gasteiger partial charge is 0.464 e. The van der Waals surface area contributed by atoms with Crippen molar-refractivity contribution in [2.45, 2.75) is 26.3 Å². The molecule has 1 aromatic carbocycles. The van der Waals surface area contributed by atoms with Crippen LogP contribution < -0.4 is 5.69 Å². The number of ether oxygens (including phenoxy) is 1. The Kier molecular flexibility index (Phi) is 4.69. The van der Waals surface area contributed by atoms with Gasteiger partial charge in [-0.1, -0.05) is 25.5 Å². The molecule has 0 spiro atoms. The molecule has 2 heterocycles. The Morgan fingerprint density at radius 1 is 1.21 bits per heavy atom. The van der Waals surface area contributed by atoms with Crippen molar-refractivity contribution in [1.29, 1.82) is 0 Å². The van der Waals surface area contributed by atoms with E-state index in [-0.39, 0.29) is 12.2 Å². The number of benzene rings is 1. The average molecular weight is 326 g/mol. The third-order valence-electron chi connectivity index (χ3n) is 3.68. The van der Waals surface area contributed by atoms with Gasteiger partial charge in [0, 0.05) is 6.20 Å². The molecule has 0 atom stereocenters. The molecule has 2 aromatic heterocycles. The lowest BCUT2D eigenvalue weighted by atomic mass is 10.3. The number of hydrogen-bond donors (Lipinski definition) is 0. The average Bonchev–Trinajstić information content (AvgIpc) is 2.88. The second-order valence-electron chi connectivity index (χ2n) is 5.33. The molecule has 0 aliphatic heterocycles. The van der Waals surface area contributed by atoms with Gasteiger partial charge in [0.25, 0.3) is 0 Å². The van der Waals surface area contributed by atoms with Crippen LogP contribution in [0.4, 0.5) is 0 Å². The number of rotatable bonds is 6. The summed E-state index contributed by atoms with van der Waals surface area (Å²) >= 11 is 0. The number of aromatic nitrogens is 4. The molecule has 0 aliphatic rings. The lowest BCUT2D eigenvalue weighted by molar-refractivity contribution is -0.144. The van der Waals surface area contributed by atoms with Gasteiger partial charge in [-0.2, -0.15) is 0 Å². The van der Waals surface area contributed by atoms with Crippen molar-refractivity contribution in [3.63, 3.8) is 0 Å². The summed E-state index contributed by atoms with van der Waals surface area (Å²) < 4.78 is 8.05. The minimum Gasteiger partial charge on any atom is -0.464 e. The highest BCUT2D eigenvalue weighted by molar-refractivity contribution is 5.80. The van der Waals surface area contributed by atoms with Crippen LogP contribution in [-0.4, -0.2) is 31.7 Å². The molecule has 0 aliphatic carbocycles. The molecule has 7 nitrogen and oxygen atoms in total. The van der Waals surface area contributed by atoms with Gasteiger partial charge in [-0.05, 0) is 24.6 Å². The van der Waals surface area contributed by atoms with Gasteiger partial charge in [0.2, 0.25) is 0 Å². The van der Waals surface area contributed by atoms with Crippen LogP contribution in [0.25, 0.3) is 16.9 Å². The number of imidazole rings is 1. The number of hydrogen-bond acceptors (Lipinski definition) is 5. The molecule has 7 heteroatoms. The first kappa shape index (κ1) is 15.9. The summed E-state index contributed by atoms with van der Waals surface area (Å²) in [6.45, 7) is 2.27. The first-order valence-electron chi connectivity index (χ1n) is 7.84. The molecule has 0 fully saturated rings. The van der Waals surface area contributed by atoms with Gasteiger partial charge in [-0.15, -0.1) is 0 Å². The molecule has 0 bridgehead atoms. The Morgan fingerprint density at radius 2 is 2.00 bits per heavy atom. The Labute approximate surface area is 138 Å². The van der Waals surface area contributed by atoms with Crippen molar-refractivity contribution in [3.05, 3.63) is 53.3 Å². The Hall–Kier alpha value is -2.96. The Bertz CT molecular complexity index is 899. The molecule has 24 heavy (non-hydrogen) atoms. The normalized spacial score (nSPS) is 10.9. The second-order valence-corrected chi connectivity index (χ2v) is 5.33. The van der Waals surface area contributed by atoms with Crippen LogP contribution in [0, 0.1) is 0 Å². The Morgan fingerprint density at radius 3 is 2.71 bits per heavy atom. The molecule has 0 saturated heterocycles. The number of fused-ring (bicyclic) bond motifs is 1. The van der Waals surface area contributed by atoms with E-state index < -0.39 is 5.97 Å². The van der Waals surface area contributed by atoms with E-state index in [0.717, 1.165) is 12.8 Å². The van der Waals surface area contributed by atoms with Crippen LogP contribution in [0.2, 0.25) is 0 Å². The lowest BCUT2D eigenvalue weighted by Crippen LogP contribution is -2.27. The highest BCUT2D eigenvalue weighted by Crippen LogP contribution is 2.16. The standard InChI is InChI=1S/C17H18N4O3/c1-2-3-10-24-16(22)11-20-13-6-4-5-7-14(13)21(17(20)23)15-8-9-18-12-19-15/h4-9,12H,2-3,10-11H2,1H3. The molecule has 3 aromatic rings. The summed E-state index contributed by atoms with van der Waals surface area (Å²) in [5.41, 5.74) is 1.01. The minimum absolute atomic E-state index is 0.124. The fourth-order valence-electron chi connectivity index (χ4n) is 2.50. The molecule has 0 amide bonds. The fourth-order valence-corrected chi connectivity index (χ4v) is 2.50. The first-order chi connectivity index (χ1) is 11.7. The van der Waals surface area contributed by atoms with Crippen molar-refractivity contribution >= 4 is 17.0 Å². The molecule has 3 rings (SSSR count). The number of carbonyl (C=O) groups excluding carboxylic acids is 1. The number of nitrogens with zero attached hydrogens (tertiary/aromatic N) is 4. The van der Waals surface area contributed by atoms with E-state index in [1.165, 1.54) is 15.5 Å². The maximum atomic E-state index is 12.8. The van der Waals surface area contributed by atoms with Gasteiger partial charge in [0.05, 0.1) is 17.6 Å². The third kappa shape index (κ3) is 3.05. The van der Waals surface area contributed by atoms with Crippen LogP contribution in [-0.2, 0) is 16.1 Å². The van der Waals surface area contributed by atoms with Crippen molar-refractivity contribution in [2.24, 2.45) is 0 Å². The van der Waals surface area contributed by atoms with E-state index in [4.69, 9.17) is 4.74 Å². The highest BCUT2D eigenvalue weighted by atomic mass is 16.5. The van der Waals surface area contributed by atoms with Crippen LogP contribution in [0.5, 0.6) is 0 Å². The van der Waals surface area contributed by atoms with Crippen LogP contribution in [0.1, 0.15) is 19.8 Å². The monoisotopic (exact) mass is 326 g/mol. The molecular formula is C17H18N4O3. The van der Waals surface area contributed by atoms with Gasteiger partial charge in [0.1, 0.15) is 18.7 Å². The van der Waals surface area contributed by atoms with Crippen molar-refractivity contribution in [3.8, 4) is 5.82 Å². The van der Waals surface area contributed by atoms with Crippen LogP contribution in [0.15, 0.2) is 47.7 Å². The highest BCUT2D eigenvalue weighted by Gasteiger charge is 2.17. The number of para-hydroxylation sites is 2. The summed E-state index contributed by atoms with van der Waals surface area (Å²) in [5.74, 6) is 0.0421. The summed E-state index contributed by atoms with van der Waals surface area (Å²) in [4.78, 5) is 32.8. The smallest absolute Gasteiger partial charge is 0.335 e. The van der Waals surface area contributed by atoms with E-state index in [9.17, 15) is 9.59 Å². The van der Waals surface area contributed by atoms with Crippen molar-refractivity contribution in [2.75, 3.05) is 6.61 Å². The quantitative estimate of drug-likeness (QED) is 0.511. The summed E-state index contributed by atoms with van der Waals surface area (Å²) in [5, 5.41) is 0. The van der Waals surface area contributed by atoms with Gasteiger partial charge in [0.15, 0.2) is 0 Å². The Balaban J connectivity index is 2.02. The molecule has 124 valence electrons.